The highest BCUT2D eigenvalue weighted by molar-refractivity contribution is 5.87. The molecule has 0 fully saturated rings. The van der Waals surface area contributed by atoms with Crippen LogP contribution in [0, 0.1) is 5.82 Å². The molecule has 3 aromatic carbocycles. The number of halogens is 1. The lowest BCUT2D eigenvalue weighted by molar-refractivity contribution is 0.190. The zero-order valence-electron chi connectivity index (χ0n) is 14.2. The van der Waals surface area contributed by atoms with Gasteiger partial charge in [-0.2, -0.15) is 0 Å². The fourth-order valence-electron chi connectivity index (χ4n) is 2.81. The van der Waals surface area contributed by atoms with E-state index in [4.69, 9.17) is 4.74 Å². The number of ether oxygens (including phenoxy) is 1. The fraction of sp³-hybridized carbons (Fsp3) is 0.238. The van der Waals surface area contributed by atoms with E-state index in [1.807, 2.05) is 36.4 Å². The third-order valence-corrected chi connectivity index (χ3v) is 4.08. The van der Waals surface area contributed by atoms with Crippen LogP contribution in [-0.4, -0.2) is 17.8 Å². The molecule has 3 rings (SSSR count). The lowest BCUT2D eigenvalue weighted by Gasteiger charge is -2.16. The second-order valence-corrected chi connectivity index (χ2v) is 6.12. The first-order valence-corrected chi connectivity index (χ1v) is 8.41. The molecule has 0 amide bonds. The van der Waals surface area contributed by atoms with Gasteiger partial charge in [0.2, 0.25) is 0 Å². The van der Waals surface area contributed by atoms with Crippen LogP contribution in [-0.2, 0) is 13.2 Å². The molecule has 3 nitrogen and oxygen atoms in total. The third kappa shape index (κ3) is 4.35. The van der Waals surface area contributed by atoms with Gasteiger partial charge in [-0.1, -0.05) is 48.5 Å². The molecule has 3 aromatic rings. The first-order valence-electron chi connectivity index (χ1n) is 8.41. The minimum absolute atomic E-state index is 0.175. The average Bonchev–Trinajstić information content (AvgIpc) is 2.61. The number of benzene rings is 3. The smallest absolute Gasteiger partial charge is 0.129 e. The highest BCUT2D eigenvalue weighted by Crippen LogP contribution is 2.29. The molecular formula is C21H22FNO2. The Balaban J connectivity index is 1.86. The van der Waals surface area contributed by atoms with Crippen molar-refractivity contribution in [3.63, 3.8) is 0 Å². The first-order chi connectivity index (χ1) is 12.1. The second kappa shape index (κ2) is 8.10. The Hall–Kier alpha value is -2.43. The molecule has 0 aliphatic heterocycles. The molecule has 25 heavy (non-hydrogen) atoms. The van der Waals surface area contributed by atoms with Crippen molar-refractivity contribution in [3.05, 3.63) is 77.6 Å². The molecule has 0 radical (unpaired) electrons. The van der Waals surface area contributed by atoms with Gasteiger partial charge in [0.05, 0.1) is 6.10 Å². The molecule has 0 bridgehead atoms. The number of hydrogen-bond donors (Lipinski definition) is 2. The van der Waals surface area contributed by atoms with Gasteiger partial charge in [0, 0.05) is 24.2 Å². The minimum atomic E-state index is -0.419. The first kappa shape index (κ1) is 17.4. The van der Waals surface area contributed by atoms with E-state index in [9.17, 15) is 9.50 Å². The minimum Gasteiger partial charge on any atom is -0.488 e. The molecule has 0 heterocycles. The Morgan fingerprint density at radius 3 is 2.60 bits per heavy atom. The predicted molar refractivity (Wildman–Crippen MR) is 98.1 cm³/mol. The summed E-state index contributed by atoms with van der Waals surface area (Å²) in [7, 11) is 0. The molecule has 130 valence electrons. The molecule has 0 saturated carbocycles. The zero-order valence-corrected chi connectivity index (χ0v) is 14.2. The van der Waals surface area contributed by atoms with Gasteiger partial charge in [-0.05, 0) is 29.8 Å². The van der Waals surface area contributed by atoms with E-state index >= 15 is 0 Å². The Labute approximate surface area is 147 Å². The molecule has 4 heteroatoms. The molecule has 0 unspecified atom stereocenters. The molecule has 0 aliphatic carbocycles. The summed E-state index contributed by atoms with van der Waals surface area (Å²) in [6.45, 7) is 2.98. The fourth-order valence-corrected chi connectivity index (χ4v) is 2.81. The Kier molecular flexibility index (Phi) is 5.64. The van der Waals surface area contributed by atoms with Crippen molar-refractivity contribution in [3.8, 4) is 5.75 Å². The maximum atomic E-state index is 13.8. The lowest BCUT2D eigenvalue weighted by Crippen LogP contribution is -2.24. The highest BCUT2D eigenvalue weighted by atomic mass is 19.1. The number of fused-ring (bicyclic) bond motifs is 1. The maximum Gasteiger partial charge on any atom is 0.129 e. The standard InChI is InChI=1S/C21H22FNO2/c1-15(24)12-23-13-19-18-8-4-2-6-16(18)10-11-21(19)25-14-17-7-3-5-9-20(17)22/h2-11,15,23-24H,12-14H2,1H3/t15-/m1/s1. The number of aliphatic hydroxyl groups is 1. The molecule has 0 saturated heterocycles. The summed E-state index contributed by atoms with van der Waals surface area (Å²) in [6, 6.07) is 18.6. The summed E-state index contributed by atoms with van der Waals surface area (Å²) in [4.78, 5) is 0. The normalized spacial score (nSPS) is 12.3. The average molecular weight is 339 g/mol. The van der Waals surface area contributed by atoms with Crippen LogP contribution in [0.15, 0.2) is 60.7 Å². The van der Waals surface area contributed by atoms with Crippen LogP contribution in [0.1, 0.15) is 18.1 Å². The van der Waals surface area contributed by atoms with Crippen LogP contribution >= 0.6 is 0 Å². The van der Waals surface area contributed by atoms with Crippen molar-refractivity contribution in [1.82, 2.24) is 5.32 Å². The third-order valence-electron chi connectivity index (χ3n) is 4.08. The molecular weight excluding hydrogens is 317 g/mol. The van der Waals surface area contributed by atoms with Crippen molar-refractivity contribution in [2.75, 3.05) is 6.54 Å². The maximum absolute atomic E-state index is 13.8. The zero-order chi connectivity index (χ0) is 17.6. The van der Waals surface area contributed by atoms with Crippen molar-refractivity contribution >= 4 is 10.8 Å². The monoisotopic (exact) mass is 339 g/mol. The lowest BCUT2D eigenvalue weighted by atomic mass is 10.0. The Morgan fingerprint density at radius 1 is 1.04 bits per heavy atom. The van der Waals surface area contributed by atoms with Crippen LogP contribution in [0.3, 0.4) is 0 Å². The van der Waals surface area contributed by atoms with Gasteiger partial charge in [-0.25, -0.2) is 4.39 Å². The van der Waals surface area contributed by atoms with Gasteiger partial charge in [-0.3, -0.25) is 0 Å². The summed E-state index contributed by atoms with van der Waals surface area (Å²) in [5.41, 5.74) is 1.54. The number of nitrogens with one attached hydrogen (secondary N) is 1. The van der Waals surface area contributed by atoms with Gasteiger partial charge in [0.1, 0.15) is 18.2 Å². The largest absolute Gasteiger partial charge is 0.488 e. The van der Waals surface area contributed by atoms with Crippen LogP contribution < -0.4 is 10.1 Å². The van der Waals surface area contributed by atoms with Crippen LogP contribution in [0.2, 0.25) is 0 Å². The Morgan fingerprint density at radius 2 is 1.80 bits per heavy atom. The summed E-state index contributed by atoms with van der Waals surface area (Å²) in [5, 5.41) is 14.9. The predicted octanol–water partition coefficient (Wildman–Crippen LogP) is 4.03. The summed E-state index contributed by atoms with van der Waals surface area (Å²) in [6.07, 6.45) is -0.419. The quantitative estimate of drug-likeness (QED) is 0.683. The van der Waals surface area contributed by atoms with Gasteiger partial charge in [0.25, 0.3) is 0 Å². The van der Waals surface area contributed by atoms with Crippen molar-refractivity contribution in [2.24, 2.45) is 0 Å². The van der Waals surface area contributed by atoms with E-state index in [0.717, 1.165) is 22.1 Å². The van der Waals surface area contributed by atoms with Gasteiger partial charge < -0.3 is 15.2 Å². The summed E-state index contributed by atoms with van der Waals surface area (Å²) >= 11 is 0. The SMILES string of the molecule is C[C@@H](O)CNCc1c(OCc2ccccc2F)ccc2ccccc12. The number of hydrogen-bond acceptors (Lipinski definition) is 3. The van der Waals surface area contributed by atoms with E-state index in [0.29, 0.717) is 18.7 Å². The van der Waals surface area contributed by atoms with Crippen LogP contribution in [0.25, 0.3) is 10.8 Å². The van der Waals surface area contributed by atoms with E-state index in [1.54, 1.807) is 25.1 Å². The molecule has 0 aliphatic rings. The van der Waals surface area contributed by atoms with E-state index in [-0.39, 0.29) is 12.4 Å². The van der Waals surface area contributed by atoms with Crippen molar-refractivity contribution < 1.29 is 14.2 Å². The van der Waals surface area contributed by atoms with E-state index in [2.05, 4.69) is 5.32 Å². The van der Waals surface area contributed by atoms with E-state index in [1.165, 1.54) is 6.07 Å². The van der Waals surface area contributed by atoms with Crippen molar-refractivity contribution in [2.45, 2.75) is 26.2 Å². The topological polar surface area (TPSA) is 41.5 Å². The highest BCUT2D eigenvalue weighted by Gasteiger charge is 2.10. The van der Waals surface area contributed by atoms with Gasteiger partial charge in [0.15, 0.2) is 0 Å². The van der Waals surface area contributed by atoms with Gasteiger partial charge >= 0.3 is 0 Å². The molecule has 2 N–H and O–H groups in total. The van der Waals surface area contributed by atoms with Gasteiger partial charge in [-0.15, -0.1) is 0 Å². The number of rotatable bonds is 7. The Bertz CT molecular complexity index is 848. The molecule has 0 aromatic heterocycles. The van der Waals surface area contributed by atoms with Crippen LogP contribution in [0.5, 0.6) is 5.75 Å². The van der Waals surface area contributed by atoms with Crippen LogP contribution in [0.4, 0.5) is 4.39 Å². The summed E-state index contributed by atoms with van der Waals surface area (Å²) in [5.74, 6) is 0.456. The molecule has 1 atom stereocenters. The van der Waals surface area contributed by atoms with Crippen molar-refractivity contribution in [1.29, 1.82) is 0 Å². The molecule has 0 spiro atoms. The number of aliphatic hydroxyl groups excluding tert-OH is 1. The van der Waals surface area contributed by atoms with E-state index < -0.39 is 6.10 Å². The summed E-state index contributed by atoms with van der Waals surface area (Å²) < 4.78 is 19.7. The second-order valence-electron chi connectivity index (χ2n) is 6.12.